The maximum Gasteiger partial charge on any atom is 0.263 e. The Morgan fingerprint density at radius 3 is 2.31 bits per heavy atom. The number of allylic oxidation sites excluding steroid dienone is 2. The summed E-state index contributed by atoms with van der Waals surface area (Å²) in [6.07, 6.45) is 4.71. The van der Waals surface area contributed by atoms with Gasteiger partial charge in [-0.1, -0.05) is 77.7 Å². The van der Waals surface area contributed by atoms with E-state index in [1.807, 2.05) is 23.1 Å². The Balaban J connectivity index is 0.00000253. The van der Waals surface area contributed by atoms with Gasteiger partial charge >= 0.3 is 0 Å². The Morgan fingerprint density at radius 1 is 0.886 bits per heavy atom. The molecule has 0 amide bonds. The third-order valence-corrected chi connectivity index (χ3v) is 8.94. The number of aryl methyl sites for hydroxylation is 1. The molecule has 1 aliphatic heterocycles. The fourth-order valence-corrected chi connectivity index (χ4v) is 7.70. The molecule has 0 atom stereocenters. The summed E-state index contributed by atoms with van der Waals surface area (Å²) in [5, 5.41) is 7.90. The molecule has 1 aliphatic rings. The van der Waals surface area contributed by atoms with E-state index in [1.165, 1.54) is 58.0 Å². The molecule has 0 spiro atoms. The zero-order valence-corrected chi connectivity index (χ0v) is 23.9. The van der Waals surface area contributed by atoms with Gasteiger partial charge in [0.15, 0.2) is 0 Å². The van der Waals surface area contributed by atoms with Gasteiger partial charge in [-0.25, -0.2) is 0 Å². The number of benzene rings is 4. The molecule has 5 heteroatoms. The van der Waals surface area contributed by atoms with E-state index in [0.717, 1.165) is 13.1 Å². The van der Waals surface area contributed by atoms with Gasteiger partial charge in [0, 0.05) is 29.0 Å². The monoisotopic (exact) mass is 606 g/mol. The molecule has 2 nitrogen and oxygen atoms in total. The smallest absolute Gasteiger partial charge is 0.263 e. The number of fused-ring (bicyclic) bond motifs is 6. The standard InChI is InChI=1S/C30H27N2S2.HI/c1-4-31-25-16-14-21-10-6-8-12-23(21)29(25)33-27(31)18-20(3)19-28-32(5-2)26-17-15-22-11-7-9-13-24(22)30(26)34-28;/h6-19H,4-5H2,1-3H3;1H/q+1;/p-1. The zero-order valence-electron chi connectivity index (χ0n) is 20.1. The van der Waals surface area contributed by atoms with E-state index >= 15 is 0 Å². The number of thiazole rings is 1. The molecule has 0 N–H and O–H groups in total. The van der Waals surface area contributed by atoms with Crippen LogP contribution in [0.2, 0.25) is 0 Å². The summed E-state index contributed by atoms with van der Waals surface area (Å²) in [7, 11) is 0. The number of thioether (sulfide) groups is 1. The Bertz CT molecular complexity index is 1630. The molecule has 0 fully saturated rings. The van der Waals surface area contributed by atoms with E-state index in [0.29, 0.717) is 0 Å². The van der Waals surface area contributed by atoms with Gasteiger partial charge < -0.3 is 28.9 Å². The first kappa shape index (κ1) is 24.3. The molecule has 35 heavy (non-hydrogen) atoms. The van der Waals surface area contributed by atoms with Crippen molar-refractivity contribution in [3.63, 3.8) is 0 Å². The Labute approximate surface area is 232 Å². The molecule has 4 aromatic carbocycles. The topological polar surface area (TPSA) is 7.12 Å². The van der Waals surface area contributed by atoms with Crippen LogP contribution in [0.3, 0.4) is 0 Å². The third-order valence-electron chi connectivity index (χ3n) is 6.58. The van der Waals surface area contributed by atoms with Crippen LogP contribution in [0.5, 0.6) is 0 Å². The average Bonchev–Trinajstić information content (AvgIpc) is 3.40. The highest BCUT2D eigenvalue weighted by Gasteiger charge is 2.26. The van der Waals surface area contributed by atoms with Crippen LogP contribution in [0.4, 0.5) is 5.69 Å². The Kier molecular flexibility index (Phi) is 6.93. The van der Waals surface area contributed by atoms with Crippen LogP contribution in [0.25, 0.3) is 37.8 Å². The molecule has 5 aromatic rings. The van der Waals surface area contributed by atoms with Gasteiger partial charge in [0.25, 0.3) is 5.01 Å². The van der Waals surface area contributed by atoms with Crippen molar-refractivity contribution in [3.8, 4) is 0 Å². The molecule has 0 saturated carbocycles. The van der Waals surface area contributed by atoms with Gasteiger partial charge in [-0.3, -0.25) is 0 Å². The second-order valence-corrected chi connectivity index (χ2v) is 10.7. The second-order valence-electron chi connectivity index (χ2n) is 8.67. The first-order chi connectivity index (χ1) is 16.7. The highest BCUT2D eigenvalue weighted by molar-refractivity contribution is 8.04. The molecule has 2 heterocycles. The van der Waals surface area contributed by atoms with E-state index in [9.17, 15) is 0 Å². The maximum absolute atomic E-state index is 2.44. The van der Waals surface area contributed by atoms with Gasteiger partial charge in [0.05, 0.1) is 10.7 Å². The number of rotatable bonds is 4. The van der Waals surface area contributed by atoms with Crippen LogP contribution in [0.15, 0.2) is 94.4 Å². The Hall–Kier alpha value is -2.35. The van der Waals surface area contributed by atoms with Crippen LogP contribution < -0.4 is 33.4 Å². The van der Waals surface area contributed by atoms with Crippen LogP contribution in [-0.2, 0) is 6.54 Å². The minimum absolute atomic E-state index is 0. The number of anilines is 1. The average molecular weight is 607 g/mol. The number of halogens is 1. The molecule has 176 valence electrons. The van der Waals surface area contributed by atoms with E-state index < -0.39 is 0 Å². The quantitative estimate of drug-likeness (QED) is 0.200. The summed E-state index contributed by atoms with van der Waals surface area (Å²) in [4.78, 5) is 3.81. The summed E-state index contributed by atoms with van der Waals surface area (Å²) in [5.41, 5.74) is 3.92. The molecular weight excluding hydrogens is 579 g/mol. The largest absolute Gasteiger partial charge is 1.00 e. The number of aromatic nitrogens is 1. The van der Waals surface area contributed by atoms with Gasteiger partial charge in [-0.15, -0.1) is 0 Å². The zero-order chi connectivity index (χ0) is 23.2. The van der Waals surface area contributed by atoms with Crippen molar-refractivity contribution >= 4 is 66.6 Å². The van der Waals surface area contributed by atoms with Crippen molar-refractivity contribution < 1.29 is 28.5 Å². The number of nitrogens with zero attached hydrogens (tertiary/aromatic N) is 2. The predicted molar refractivity (Wildman–Crippen MR) is 150 cm³/mol. The number of hydrogen-bond acceptors (Lipinski definition) is 3. The molecule has 6 rings (SSSR count). The van der Waals surface area contributed by atoms with Crippen molar-refractivity contribution in [1.82, 2.24) is 0 Å². The van der Waals surface area contributed by atoms with E-state index in [1.54, 1.807) is 0 Å². The van der Waals surface area contributed by atoms with E-state index in [2.05, 4.69) is 115 Å². The molecule has 0 saturated heterocycles. The van der Waals surface area contributed by atoms with Crippen molar-refractivity contribution in [3.05, 3.63) is 94.5 Å². The summed E-state index contributed by atoms with van der Waals surface area (Å²) in [6.45, 7) is 8.62. The van der Waals surface area contributed by atoms with Gasteiger partial charge in [0.2, 0.25) is 5.52 Å². The van der Waals surface area contributed by atoms with Crippen molar-refractivity contribution in [2.24, 2.45) is 0 Å². The van der Waals surface area contributed by atoms with E-state index in [-0.39, 0.29) is 24.0 Å². The molecule has 0 unspecified atom stereocenters. The lowest BCUT2D eigenvalue weighted by molar-refractivity contribution is -0.665. The summed E-state index contributed by atoms with van der Waals surface area (Å²) >= 11 is 3.79. The SMILES string of the molecule is CCN1/C(=C\C(C)=C\c2sc3c4ccccc4ccc3[n+]2CC)Sc2c1ccc1ccccc21.[I-]. The molecule has 1 aromatic heterocycles. The van der Waals surface area contributed by atoms with Crippen LogP contribution >= 0.6 is 23.1 Å². The number of hydrogen-bond donors (Lipinski definition) is 0. The summed E-state index contributed by atoms with van der Waals surface area (Å²) in [6, 6.07) is 26.4. The van der Waals surface area contributed by atoms with Crippen molar-refractivity contribution in [2.45, 2.75) is 32.2 Å². The van der Waals surface area contributed by atoms with Gasteiger partial charge in [0.1, 0.15) is 11.2 Å². The lowest BCUT2D eigenvalue weighted by Gasteiger charge is -2.18. The molecule has 0 radical (unpaired) electrons. The van der Waals surface area contributed by atoms with Crippen molar-refractivity contribution in [2.75, 3.05) is 11.4 Å². The maximum atomic E-state index is 2.44. The highest BCUT2D eigenvalue weighted by atomic mass is 127. The predicted octanol–water partition coefficient (Wildman–Crippen LogP) is 5.40. The molecular formula is C30H27IN2S2. The lowest BCUT2D eigenvalue weighted by atomic mass is 10.1. The molecule has 0 aliphatic carbocycles. The minimum atomic E-state index is 0. The highest BCUT2D eigenvalue weighted by Crippen LogP contribution is 2.49. The minimum Gasteiger partial charge on any atom is -1.00 e. The Morgan fingerprint density at radius 2 is 1.57 bits per heavy atom. The summed E-state index contributed by atoms with van der Waals surface area (Å²) in [5.74, 6) is 0. The van der Waals surface area contributed by atoms with E-state index in [4.69, 9.17) is 0 Å². The van der Waals surface area contributed by atoms with Crippen LogP contribution in [-0.4, -0.2) is 6.54 Å². The summed E-state index contributed by atoms with van der Waals surface area (Å²) < 4.78 is 3.81. The fourth-order valence-electron chi connectivity index (χ4n) is 4.96. The second kappa shape index (κ2) is 9.96. The first-order valence-electron chi connectivity index (χ1n) is 11.9. The normalized spacial score (nSPS) is 14.8. The van der Waals surface area contributed by atoms with Gasteiger partial charge in [-0.05, 0) is 60.7 Å². The molecule has 0 bridgehead atoms. The van der Waals surface area contributed by atoms with Gasteiger partial charge in [-0.2, -0.15) is 4.57 Å². The third kappa shape index (κ3) is 4.17. The lowest BCUT2D eigenvalue weighted by Crippen LogP contribution is -3.00. The van der Waals surface area contributed by atoms with Crippen LogP contribution in [0.1, 0.15) is 25.8 Å². The van der Waals surface area contributed by atoms with Crippen LogP contribution in [0, 0.1) is 0 Å². The first-order valence-corrected chi connectivity index (χ1v) is 13.5. The fraction of sp³-hybridized carbons (Fsp3) is 0.167. The van der Waals surface area contributed by atoms with Crippen molar-refractivity contribution in [1.29, 1.82) is 0 Å².